The van der Waals surface area contributed by atoms with Gasteiger partial charge in [0.2, 0.25) is 0 Å². The minimum absolute atomic E-state index is 0.944. The van der Waals surface area contributed by atoms with Crippen LogP contribution in [0, 0.1) is 13.8 Å². The molecular weight excluding hydrogens is 240 g/mol. The third kappa shape index (κ3) is 2.22. The molecule has 3 aromatic rings. The molecule has 0 bridgehead atoms. The Hall–Kier alpha value is -1.87. The standard InChI is InChI=1S/C15H14N2S/c1-10-3-6-12(7-4-10)16-15-17-13-8-5-11(2)9-14(13)18-15/h3-9H,1-2H3,(H,16,17). The van der Waals surface area contributed by atoms with Crippen LogP contribution in [0.2, 0.25) is 0 Å². The van der Waals surface area contributed by atoms with Gasteiger partial charge < -0.3 is 5.32 Å². The predicted molar refractivity (Wildman–Crippen MR) is 78.8 cm³/mol. The van der Waals surface area contributed by atoms with Crippen LogP contribution >= 0.6 is 11.3 Å². The van der Waals surface area contributed by atoms with Gasteiger partial charge in [0.1, 0.15) is 0 Å². The fraction of sp³-hybridized carbons (Fsp3) is 0.133. The Morgan fingerprint density at radius 3 is 2.44 bits per heavy atom. The summed E-state index contributed by atoms with van der Waals surface area (Å²) in [5, 5.41) is 4.29. The zero-order chi connectivity index (χ0) is 12.5. The number of hydrogen-bond acceptors (Lipinski definition) is 3. The summed E-state index contributed by atoms with van der Waals surface area (Å²) in [5.41, 5.74) is 4.67. The number of nitrogens with zero attached hydrogens (tertiary/aromatic N) is 1. The fourth-order valence-corrected chi connectivity index (χ4v) is 2.83. The summed E-state index contributed by atoms with van der Waals surface area (Å²) < 4.78 is 1.23. The van der Waals surface area contributed by atoms with E-state index in [2.05, 4.69) is 66.6 Å². The summed E-state index contributed by atoms with van der Waals surface area (Å²) >= 11 is 1.69. The van der Waals surface area contributed by atoms with E-state index in [1.165, 1.54) is 15.8 Å². The molecule has 0 aliphatic heterocycles. The molecule has 0 unspecified atom stereocenters. The number of aromatic nitrogens is 1. The highest BCUT2D eigenvalue weighted by atomic mass is 32.1. The van der Waals surface area contributed by atoms with E-state index >= 15 is 0 Å². The maximum atomic E-state index is 4.58. The molecule has 0 aliphatic carbocycles. The van der Waals surface area contributed by atoms with E-state index in [0.29, 0.717) is 0 Å². The average Bonchev–Trinajstić information content (AvgIpc) is 2.73. The van der Waals surface area contributed by atoms with Crippen LogP contribution in [-0.2, 0) is 0 Å². The van der Waals surface area contributed by atoms with Gasteiger partial charge in [0.05, 0.1) is 10.2 Å². The molecule has 0 fully saturated rings. The quantitative estimate of drug-likeness (QED) is 0.719. The normalized spacial score (nSPS) is 10.8. The van der Waals surface area contributed by atoms with Crippen molar-refractivity contribution in [3.63, 3.8) is 0 Å². The van der Waals surface area contributed by atoms with E-state index in [1.807, 2.05) is 0 Å². The van der Waals surface area contributed by atoms with Crippen LogP contribution in [0.3, 0.4) is 0 Å². The number of benzene rings is 2. The lowest BCUT2D eigenvalue weighted by atomic mass is 10.2. The number of anilines is 2. The molecule has 90 valence electrons. The monoisotopic (exact) mass is 254 g/mol. The van der Waals surface area contributed by atoms with Crippen molar-refractivity contribution in [1.29, 1.82) is 0 Å². The van der Waals surface area contributed by atoms with Crippen molar-refractivity contribution in [2.45, 2.75) is 13.8 Å². The molecule has 1 aromatic heterocycles. The SMILES string of the molecule is Cc1ccc(Nc2nc3ccc(C)cc3s2)cc1. The second-order valence-corrected chi connectivity index (χ2v) is 5.51. The lowest BCUT2D eigenvalue weighted by Crippen LogP contribution is -1.88. The number of hydrogen-bond donors (Lipinski definition) is 1. The Bertz CT molecular complexity index is 683. The Kier molecular flexibility index (Phi) is 2.76. The first-order valence-electron chi connectivity index (χ1n) is 5.91. The van der Waals surface area contributed by atoms with Crippen molar-refractivity contribution in [3.8, 4) is 0 Å². The van der Waals surface area contributed by atoms with E-state index in [-0.39, 0.29) is 0 Å². The molecule has 0 aliphatic rings. The van der Waals surface area contributed by atoms with E-state index in [4.69, 9.17) is 0 Å². The molecule has 0 spiro atoms. The molecule has 0 saturated heterocycles. The number of nitrogens with one attached hydrogen (secondary N) is 1. The third-order valence-electron chi connectivity index (χ3n) is 2.85. The van der Waals surface area contributed by atoms with Crippen molar-refractivity contribution in [2.75, 3.05) is 5.32 Å². The first kappa shape index (κ1) is 11.2. The van der Waals surface area contributed by atoms with Crippen LogP contribution in [-0.4, -0.2) is 4.98 Å². The maximum absolute atomic E-state index is 4.58. The largest absolute Gasteiger partial charge is 0.332 e. The molecule has 0 amide bonds. The molecule has 2 nitrogen and oxygen atoms in total. The van der Waals surface area contributed by atoms with E-state index in [9.17, 15) is 0 Å². The lowest BCUT2D eigenvalue weighted by molar-refractivity contribution is 1.41. The molecule has 3 heteroatoms. The average molecular weight is 254 g/mol. The molecule has 1 N–H and O–H groups in total. The second-order valence-electron chi connectivity index (χ2n) is 4.48. The lowest BCUT2D eigenvalue weighted by Gasteiger charge is -2.01. The highest BCUT2D eigenvalue weighted by molar-refractivity contribution is 7.22. The topological polar surface area (TPSA) is 24.9 Å². The second kappa shape index (κ2) is 4.42. The number of fused-ring (bicyclic) bond motifs is 1. The van der Waals surface area contributed by atoms with E-state index in [0.717, 1.165) is 16.3 Å². The molecule has 3 rings (SSSR count). The van der Waals surface area contributed by atoms with Crippen molar-refractivity contribution in [1.82, 2.24) is 4.98 Å². The van der Waals surface area contributed by atoms with E-state index in [1.54, 1.807) is 11.3 Å². The summed E-state index contributed by atoms with van der Waals surface area (Å²) in [7, 11) is 0. The van der Waals surface area contributed by atoms with Gasteiger partial charge in [-0.3, -0.25) is 0 Å². The van der Waals surface area contributed by atoms with Gasteiger partial charge in [0.15, 0.2) is 5.13 Å². The summed E-state index contributed by atoms with van der Waals surface area (Å²) in [6, 6.07) is 14.7. The highest BCUT2D eigenvalue weighted by Crippen LogP contribution is 2.28. The van der Waals surface area contributed by atoms with Gasteiger partial charge in [-0.05, 0) is 43.7 Å². The number of aryl methyl sites for hydroxylation is 2. The Morgan fingerprint density at radius 1 is 0.944 bits per heavy atom. The molecule has 0 radical (unpaired) electrons. The van der Waals surface area contributed by atoms with Crippen LogP contribution in [0.5, 0.6) is 0 Å². The fourth-order valence-electron chi connectivity index (χ4n) is 1.85. The zero-order valence-electron chi connectivity index (χ0n) is 10.4. The van der Waals surface area contributed by atoms with Crippen molar-refractivity contribution >= 4 is 32.4 Å². The maximum Gasteiger partial charge on any atom is 0.188 e. The van der Waals surface area contributed by atoms with Gasteiger partial charge in [-0.15, -0.1) is 0 Å². The van der Waals surface area contributed by atoms with Crippen molar-refractivity contribution < 1.29 is 0 Å². The molecule has 0 atom stereocenters. The minimum atomic E-state index is 0.944. The number of rotatable bonds is 2. The van der Waals surface area contributed by atoms with Gasteiger partial charge >= 0.3 is 0 Å². The van der Waals surface area contributed by atoms with Crippen LogP contribution in [0.4, 0.5) is 10.8 Å². The Balaban J connectivity index is 1.92. The van der Waals surface area contributed by atoms with E-state index < -0.39 is 0 Å². The zero-order valence-corrected chi connectivity index (χ0v) is 11.2. The summed E-state index contributed by atoms with van der Waals surface area (Å²) in [6.45, 7) is 4.19. The van der Waals surface area contributed by atoms with Gasteiger partial charge in [-0.2, -0.15) is 0 Å². The summed E-state index contributed by atoms with van der Waals surface area (Å²) in [6.07, 6.45) is 0. The van der Waals surface area contributed by atoms with Gasteiger partial charge in [0, 0.05) is 5.69 Å². The minimum Gasteiger partial charge on any atom is -0.332 e. The molecule has 1 heterocycles. The van der Waals surface area contributed by atoms with Gasteiger partial charge in [0.25, 0.3) is 0 Å². The molecular formula is C15H14N2S. The van der Waals surface area contributed by atoms with Crippen molar-refractivity contribution in [3.05, 3.63) is 53.6 Å². The third-order valence-corrected chi connectivity index (χ3v) is 3.78. The highest BCUT2D eigenvalue weighted by Gasteiger charge is 2.03. The Morgan fingerprint density at radius 2 is 1.67 bits per heavy atom. The van der Waals surface area contributed by atoms with Gasteiger partial charge in [-0.25, -0.2) is 4.98 Å². The van der Waals surface area contributed by atoms with Crippen molar-refractivity contribution in [2.24, 2.45) is 0 Å². The number of thiazole rings is 1. The molecule has 2 aromatic carbocycles. The molecule has 18 heavy (non-hydrogen) atoms. The smallest absolute Gasteiger partial charge is 0.188 e. The van der Waals surface area contributed by atoms with Crippen LogP contribution in [0.15, 0.2) is 42.5 Å². The summed E-state index contributed by atoms with van der Waals surface area (Å²) in [5.74, 6) is 0. The Labute approximate surface area is 110 Å². The first-order valence-corrected chi connectivity index (χ1v) is 6.73. The van der Waals surface area contributed by atoms with Crippen LogP contribution < -0.4 is 5.32 Å². The summed E-state index contributed by atoms with van der Waals surface area (Å²) in [4.78, 5) is 4.58. The van der Waals surface area contributed by atoms with Crippen LogP contribution in [0.1, 0.15) is 11.1 Å². The first-order chi connectivity index (χ1) is 8.70. The van der Waals surface area contributed by atoms with Crippen LogP contribution in [0.25, 0.3) is 10.2 Å². The predicted octanol–water partition coefficient (Wildman–Crippen LogP) is 4.66. The molecule has 0 saturated carbocycles. The van der Waals surface area contributed by atoms with Gasteiger partial charge in [-0.1, -0.05) is 35.1 Å².